The van der Waals surface area contributed by atoms with Crippen molar-refractivity contribution in [3.05, 3.63) is 30.6 Å². The van der Waals surface area contributed by atoms with Crippen molar-refractivity contribution in [2.45, 2.75) is 19.4 Å². The van der Waals surface area contributed by atoms with Crippen molar-refractivity contribution in [3.8, 4) is 11.4 Å². The summed E-state index contributed by atoms with van der Waals surface area (Å²) in [4.78, 5) is 35.9. The van der Waals surface area contributed by atoms with Gasteiger partial charge in [-0.1, -0.05) is 0 Å². The van der Waals surface area contributed by atoms with E-state index in [-0.39, 0.29) is 5.91 Å². The summed E-state index contributed by atoms with van der Waals surface area (Å²) in [6.45, 7) is 11.6. The number of fused-ring (bicyclic) bond motifs is 1. The van der Waals surface area contributed by atoms with E-state index in [2.05, 4.69) is 55.9 Å². The van der Waals surface area contributed by atoms with Crippen LogP contribution in [0.25, 0.3) is 22.6 Å². The second kappa shape index (κ2) is 11.8. The average Bonchev–Trinajstić information content (AvgIpc) is 3.58. The molecular formula is C28H39N9O2. The first kappa shape index (κ1) is 26.0. The molecule has 0 aliphatic carbocycles. The van der Waals surface area contributed by atoms with Crippen molar-refractivity contribution < 1.29 is 9.53 Å². The van der Waals surface area contributed by atoms with Gasteiger partial charge in [0.2, 0.25) is 5.91 Å². The van der Waals surface area contributed by atoms with Crippen LogP contribution >= 0.6 is 0 Å². The normalized spacial score (nSPS) is 19.4. The van der Waals surface area contributed by atoms with Crippen LogP contribution in [0.15, 0.2) is 30.6 Å². The lowest BCUT2D eigenvalue weighted by Crippen LogP contribution is -2.44. The molecule has 2 aromatic heterocycles. The molecule has 3 aromatic rings. The number of nitrogens with one attached hydrogen (secondary N) is 1. The Morgan fingerprint density at radius 2 is 1.72 bits per heavy atom. The Bertz CT molecular complexity index is 1260. The number of hydrogen-bond donors (Lipinski definition) is 1. The molecule has 208 valence electrons. The summed E-state index contributed by atoms with van der Waals surface area (Å²) < 4.78 is 7.54. The largest absolute Gasteiger partial charge is 0.379 e. The van der Waals surface area contributed by atoms with Crippen molar-refractivity contribution in [2.24, 2.45) is 0 Å². The molecule has 3 saturated heterocycles. The summed E-state index contributed by atoms with van der Waals surface area (Å²) in [7, 11) is 2.17. The third-order valence-electron chi connectivity index (χ3n) is 8.06. The molecular weight excluding hydrogens is 494 g/mol. The summed E-state index contributed by atoms with van der Waals surface area (Å²) in [5.41, 5.74) is 3.77. The lowest BCUT2D eigenvalue weighted by molar-refractivity contribution is -0.127. The minimum atomic E-state index is 0.237. The number of imidazole rings is 1. The fourth-order valence-electron chi connectivity index (χ4n) is 5.57. The third kappa shape index (κ3) is 6.00. The maximum absolute atomic E-state index is 12.1. The molecule has 1 aromatic carbocycles. The fourth-order valence-corrected chi connectivity index (χ4v) is 5.57. The third-order valence-corrected chi connectivity index (χ3v) is 8.06. The van der Waals surface area contributed by atoms with E-state index < -0.39 is 0 Å². The molecule has 0 bridgehead atoms. The van der Waals surface area contributed by atoms with Crippen LogP contribution in [0, 0.1) is 0 Å². The molecule has 39 heavy (non-hydrogen) atoms. The van der Waals surface area contributed by atoms with Crippen LogP contribution in [-0.4, -0.2) is 126 Å². The minimum absolute atomic E-state index is 0.237. The van der Waals surface area contributed by atoms with Gasteiger partial charge in [-0.3, -0.25) is 9.69 Å². The monoisotopic (exact) mass is 533 g/mol. The van der Waals surface area contributed by atoms with E-state index >= 15 is 0 Å². The van der Waals surface area contributed by atoms with Gasteiger partial charge in [0.15, 0.2) is 17.3 Å². The highest BCUT2D eigenvalue weighted by Gasteiger charge is 2.21. The maximum Gasteiger partial charge on any atom is 0.222 e. The number of nitrogens with zero attached hydrogens (tertiary/aromatic N) is 8. The number of amides is 1. The van der Waals surface area contributed by atoms with E-state index in [1.807, 2.05) is 11.2 Å². The van der Waals surface area contributed by atoms with E-state index in [1.54, 1.807) is 0 Å². The van der Waals surface area contributed by atoms with Crippen LogP contribution in [-0.2, 0) is 16.1 Å². The number of aromatic nitrogens is 4. The number of likely N-dealkylation sites (tertiary alicyclic amines) is 1. The molecule has 11 heteroatoms. The Hall–Kier alpha value is -3.28. The lowest BCUT2D eigenvalue weighted by atomic mass is 10.1. The fraction of sp³-hybridized carbons (Fsp3) is 0.571. The van der Waals surface area contributed by atoms with Gasteiger partial charge in [-0.25, -0.2) is 15.0 Å². The molecule has 6 rings (SSSR count). The Morgan fingerprint density at radius 1 is 0.923 bits per heavy atom. The molecule has 0 unspecified atom stereocenters. The van der Waals surface area contributed by atoms with Gasteiger partial charge in [-0.15, -0.1) is 0 Å². The van der Waals surface area contributed by atoms with E-state index in [0.717, 1.165) is 101 Å². The van der Waals surface area contributed by atoms with Crippen molar-refractivity contribution in [2.75, 3.05) is 95.9 Å². The lowest BCUT2D eigenvalue weighted by Gasteiger charge is -2.34. The van der Waals surface area contributed by atoms with Gasteiger partial charge in [0.05, 0.1) is 19.5 Å². The molecule has 0 saturated carbocycles. The van der Waals surface area contributed by atoms with E-state index in [1.165, 1.54) is 5.69 Å². The minimum Gasteiger partial charge on any atom is -0.379 e. The number of hydrogen-bond acceptors (Lipinski definition) is 9. The smallest absolute Gasteiger partial charge is 0.222 e. The van der Waals surface area contributed by atoms with Crippen LogP contribution in [0.5, 0.6) is 0 Å². The topological polar surface area (TPSA) is 94.9 Å². The number of benzene rings is 1. The van der Waals surface area contributed by atoms with Gasteiger partial charge in [0.25, 0.3) is 0 Å². The Labute approximate surface area is 229 Å². The number of carbonyl (C=O) groups is 1. The molecule has 0 radical (unpaired) electrons. The summed E-state index contributed by atoms with van der Waals surface area (Å²) in [5.74, 6) is 1.67. The molecule has 3 aliphatic rings. The summed E-state index contributed by atoms with van der Waals surface area (Å²) >= 11 is 0. The number of carbonyl (C=O) groups excluding carboxylic acids is 1. The second-order valence-electron chi connectivity index (χ2n) is 10.7. The Balaban J connectivity index is 1.24. The molecule has 3 aliphatic heterocycles. The SMILES string of the molecule is CN1CCN(c2ccc(-c3nc(NCCN4CCOCC4)c4ncn(CCN5CCCC5=O)c4n3)cc2)CC1. The molecule has 0 atom stereocenters. The van der Waals surface area contributed by atoms with Gasteiger partial charge in [-0.05, 0) is 37.7 Å². The molecule has 5 heterocycles. The summed E-state index contributed by atoms with van der Waals surface area (Å²) in [6, 6.07) is 8.60. The van der Waals surface area contributed by atoms with E-state index in [9.17, 15) is 4.79 Å². The predicted molar refractivity (Wildman–Crippen MR) is 152 cm³/mol. The summed E-state index contributed by atoms with van der Waals surface area (Å²) in [6.07, 6.45) is 3.42. The van der Waals surface area contributed by atoms with Crippen LogP contribution in [0.2, 0.25) is 0 Å². The number of morpholine rings is 1. The highest BCUT2D eigenvalue weighted by molar-refractivity contribution is 5.85. The predicted octanol–water partition coefficient (Wildman–Crippen LogP) is 1.61. The van der Waals surface area contributed by atoms with Crippen molar-refractivity contribution >= 4 is 28.6 Å². The number of piperazine rings is 1. The first-order valence-electron chi connectivity index (χ1n) is 14.2. The zero-order valence-corrected chi connectivity index (χ0v) is 22.9. The average molecular weight is 534 g/mol. The van der Waals surface area contributed by atoms with Gasteiger partial charge >= 0.3 is 0 Å². The van der Waals surface area contributed by atoms with Gasteiger partial charge in [-0.2, -0.15) is 0 Å². The number of ether oxygens (including phenoxy) is 1. The van der Waals surface area contributed by atoms with E-state index in [4.69, 9.17) is 19.7 Å². The second-order valence-corrected chi connectivity index (χ2v) is 10.7. The Kier molecular flexibility index (Phi) is 7.89. The van der Waals surface area contributed by atoms with Crippen molar-refractivity contribution in [1.29, 1.82) is 0 Å². The van der Waals surface area contributed by atoms with Crippen molar-refractivity contribution in [1.82, 2.24) is 34.2 Å². The highest BCUT2D eigenvalue weighted by atomic mass is 16.5. The molecule has 11 nitrogen and oxygen atoms in total. The van der Waals surface area contributed by atoms with Crippen molar-refractivity contribution in [3.63, 3.8) is 0 Å². The molecule has 1 amide bonds. The van der Waals surface area contributed by atoms with Gasteiger partial charge in [0, 0.05) is 89.7 Å². The number of anilines is 2. The standard InChI is InChI=1S/C28H39N9O2/c1-33-11-13-35(14-12-33)23-6-4-22(5-7-23)26-31-27(29-8-10-34-17-19-39-20-18-34)25-28(32-26)37(21-30-25)16-15-36-9-2-3-24(36)38/h4-7,21H,2-3,8-20H2,1H3,(H,29,31,32). The number of likely N-dealkylation sites (N-methyl/N-ethyl adjacent to an activating group) is 1. The van der Waals surface area contributed by atoms with Gasteiger partial charge < -0.3 is 29.3 Å². The first-order chi connectivity index (χ1) is 19.1. The quantitative estimate of drug-likeness (QED) is 0.440. The Morgan fingerprint density at radius 3 is 2.46 bits per heavy atom. The van der Waals surface area contributed by atoms with E-state index in [0.29, 0.717) is 25.3 Å². The van der Waals surface area contributed by atoms with Crippen LogP contribution in [0.4, 0.5) is 11.5 Å². The summed E-state index contributed by atoms with van der Waals surface area (Å²) in [5, 5.41) is 3.54. The van der Waals surface area contributed by atoms with Gasteiger partial charge in [0.1, 0.15) is 5.52 Å². The zero-order valence-electron chi connectivity index (χ0n) is 22.9. The zero-order chi connectivity index (χ0) is 26.6. The molecule has 3 fully saturated rings. The van der Waals surface area contributed by atoms with Crippen LogP contribution < -0.4 is 10.2 Å². The molecule has 0 spiro atoms. The molecule has 1 N–H and O–H groups in total. The van der Waals surface area contributed by atoms with Crippen LogP contribution in [0.3, 0.4) is 0 Å². The number of rotatable bonds is 9. The highest BCUT2D eigenvalue weighted by Crippen LogP contribution is 2.26. The maximum atomic E-state index is 12.1. The van der Waals surface area contributed by atoms with Crippen LogP contribution in [0.1, 0.15) is 12.8 Å². The first-order valence-corrected chi connectivity index (χ1v) is 14.2.